The summed E-state index contributed by atoms with van der Waals surface area (Å²) in [5.74, 6) is 2.42. The molecular weight excluding hydrogens is 576 g/mol. The molecule has 0 N–H and O–H groups in total. The van der Waals surface area contributed by atoms with E-state index in [0.29, 0.717) is 34.1 Å². The highest BCUT2D eigenvalue weighted by molar-refractivity contribution is 6.03. The van der Waals surface area contributed by atoms with Gasteiger partial charge in [-0.3, -0.25) is 0 Å². The molecule has 0 radical (unpaired) electrons. The van der Waals surface area contributed by atoms with Crippen molar-refractivity contribution < 1.29 is 14.3 Å². The Morgan fingerprint density at radius 1 is 1.11 bits per heavy atom. The fourth-order valence-corrected chi connectivity index (χ4v) is 6.95. The number of benzene rings is 1. The fraction of sp³-hybridized carbons (Fsp3) is 0.486. The number of unbranched alkanes of at least 4 members (excludes halogenated alkanes) is 1. The van der Waals surface area contributed by atoms with Crippen LogP contribution in [0.25, 0.3) is 28.0 Å². The predicted octanol–water partition coefficient (Wildman–Crippen LogP) is 7.37. The molecule has 1 fully saturated rings. The maximum absolute atomic E-state index is 14.1. The molecule has 1 aliphatic carbocycles. The monoisotopic (exact) mass is 622 g/mol. The summed E-state index contributed by atoms with van der Waals surface area (Å²) in [5, 5.41) is 5.33. The summed E-state index contributed by atoms with van der Waals surface area (Å²) in [6, 6.07) is 9.84. The van der Waals surface area contributed by atoms with Crippen LogP contribution < -0.4 is 15.0 Å². The van der Waals surface area contributed by atoms with Crippen molar-refractivity contribution in [2.75, 3.05) is 25.1 Å². The quantitative estimate of drug-likeness (QED) is 0.135. The zero-order valence-electron chi connectivity index (χ0n) is 28.4. The van der Waals surface area contributed by atoms with Gasteiger partial charge in [0.2, 0.25) is 5.69 Å². The Kier molecular flexibility index (Phi) is 9.95. The van der Waals surface area contributed by atoms with Crippen LogP contribution in [-0.4, -0.2) is 51.9 Å². The molecule has 3 aromatic heterocycles. The highest BCUT2D eigenvalue weighted by atomic mass is 16.5. The average Bonchev–Trinajstić information content (AvgIpc) is 3.57. The fourth-order valence-electron chi connectivity index (χ4n) is 6.95. The van der Waals surface area contributed by atoms with Crippen LogP contribution in [0.15, 0.2) is 30.3 Å². The first-order valence-corrected chi connectivity index (χ1v) is 16.5. The maximum atomic E-state index is 14.1. The minimum atomic E-state index is -0.538. The SMILES string of the molecule is [C-]#[N+]c1c(C(=O)OC2C(C)CC(C)CC2C)c2nc(-c3cc(C)ccc3OC)nn2/c1=C/c1ccc(N(CC)CCCC)nc1C. The van der Waals surface area contributed by atoms with Crippen molar-refractivity contribution >= 4 is 29.2 Å². The number of fused-ring (bicyclic) bond motifs is 1. The van der Waals surface area contributed by atoms with Gasteiger partial charge in [-0.25, -0.2) is 24.1 Å². The van der Waals surface area contributed by atoms with Gasteiger partial charge in [0, 0.05) is 18.8 Å². The summed E-state index contributed by atoms with van der Waals surface area (Å²) in [6.45, 7) is 24.8. The smallest absolute Gasteiger partial charge is 0.331 e. The third-order valence-corrected chi connectivity index (χ3v) is 9.25. The minimum absolute atomic E-state index is 0.142. The van der Waals surface area contributed by atoms with Gasteiger partial charge in [0.25, 0.3) is 0 Å². The number of aryl methyl sites for hydroxylation is 2. The number of methoxy groups -OCH3 is 1. The van der Waals surface area contributed by atoms with Crippen molar-refractivity contribution in [3.05, 3.63) is 69.5 Å². The van der Waals surface area contributed by atoms with Gasteiger partial charge < -0.3 is 14.4 Å². The van der Waals surface area contributed by atoms with E-state index in [9.17, 15) is 4.79 Å². The van der Waals surface area contributed by atoms with Crippen LogP contribution in [-0.2, 0) is 4.74 Å². The van der Waals surface area contributed by atoms with Crippen molar-refractivity contribution in [1.29, 1.82) is 0 Å². The van der Waals surface area contributed by atoms with Crippen LogP contribution in [0.5, 0.6) is 5.75 Å². The summed E-state index contributed by atoms with van der Waals surface area (Å²) >= 11 is 0. The third kappa shape index (κ3) is 6.44. The molecule has 46 heavy (non-hydrogen) atoms. The van der Waals surface area contributed by atoms with E-state index < -0.39 is 5.97 Å². The molecule has 9 heteroatoms. The van der Waals surface area contributed by atoms with E-state index in [1.807, 2.05) is 50.3 Å². The Balaban J connectivity index is 1.68. The number of anilines is 1. The van der Waals surface area contributed by atoms with Gasteiger partial charge in [0.1, 0.15) is 23.2 Å². The molecule has 5 rings (SSSR count). The van der Waals surface area contributed by atoms with E-state index in [-0.39, 0.29) is 29.2 Å². The van der Waals surface area contributed by atoms with Crippen LogP contribution in [0.2, 0.25) is 0 Å². The van der Waals surface area contributed by atoms with Crippen molar-refractivity contribution in [2.45, 2.75) is 80.3 Å². The van der Waals surface area contributed by atoms with E-state index in [0.717, 1.165) is 61.4 Å². The minimum Gasteiger partial charge on any atom is -0.496 e. The highest BCUT2D eigenvalue weighted by Gasteiger charge is 2.36. The lowest BCUT2D eigenvalue weighted by atomic mass is 9.75. The molecule has 0 amide bonds. The molecule has 242 valence electrons. The molecule has 9 nitrogen and oxygen atoms in total. The van der Waals surface area contributed by atoms with Gasteiger partial charge in [-0.1, -0.05) is 45.7 Å². The number of carbonyl (C=O) groups excluding carboxylic acids is 1. The average molecular weight is 623 g/mol. The Bertz CT molecular complexity index is 1810. The molecule has 3 heterocycles. The molecule has 0 bridgehead atoms. The number of ether oxygens (including phenoxy) is 2. The normalized spacial score (nSPS) is 20.1. The number of hydrogen-bond acceptors (Lipinski definition) is 7. The molecular formula is C37H46N6O3. The Morgan fingerprint density at radius 2 is 1.85 bits per heavy atom. The maximum Gasteiger partial charge on any atom is 0.331 e. The van der Waals surface area contributed by atoms with Crippen molar-refractivity contribution in [3.8, 4) is 17.1 Å². The van der Waals surface area contributed by atoms with Crippen LogP contribution in [0, 0.1) is 38.2 Å². The predicted molar refractivity (Wildman–Crippen MR) is 182 cm³/mol. The summed E-state index contributed by atoms with van der Waals surface area (Å²) < 4.78 is 13.5. The third-order valence-electron chi connectivity index (χ3n) is 9.25. The van der Waals surface area contributed by atoms with Crippen LogP contribution in [0.3, 0.4) is 0 Å². The van der Waals surface area contributed by atoms with Crippen LogP contribution >= 0.6 is 0 Å². The second kappa shape index (κ2) is 13.9. The first-order chi connectivity index (χ1) is 22.1. The zero-order valence-corrected chi connectivity index (χ0v) is 28.4. The first-order valence-electron chi connectivity index (χ1n) is 16.5. The van der Waals surface area contributed by atoms with Gasteiger partial charge in [-0.15, -0.1) is 5.10 Å². The molecule has 1 aliphatic rings. The molecule has 1 aromatic carbocycles. The highest BCUT2D eigenvalue weighted by Crippen LogP contribution is 2.37. The second-order valence-corrected chi connectivity index (χ2v) is 12.9. The summed E-state index contributed by atoms with van der Waals surface area (Å²) in [7, 11) is 1.61. The van der Waals surface area contributed by atoms with E-state index >= 15 is 0 Å². The summed E-state index contributed by atoms with van der Waals surface area (Å²) in [6.07, 6.45) is 5.84. The van der Waals surface area contributed by atoms with Crippen molar-refractivity contribution in [1.82, 2.24) is 19.6 Å². The topological polar surface area (TPSA) is 86.2 Å². The van der Waals surface area contributed by atoms with Gasteiger partial charge in [0.05, 0.1) is 24.6 Å². The molecule has 0 aliphatic heterocycles. The zero-order chi connectivity index (χ0) is 33.1. The van der Waals surface area contributed by atoms with Gasteiger partial charge in [-0.2, -0.15) is 0 Å². The molecule has 2 unspecified atom stereocenters. The van der Waals surface area contributed by atoms with Crippen molar-refractivity contribution in [3.63, 3.8) is 0 Å². The summed E-state index contributed by atoms with van der Waals surface area (Å²) in [5.41, 5.74) is 4.00. The summed E-state index contributed by atoms with van der Waals surface area (Å²) in [4.78, 5) is 30.0. The molecule has 0 spiro atoms. The largest absolute Gasteiger partial charge is 0.496 e. The standard InChI is InChI=1S/C37H46N6O3/c1-10-12-17-42(11-2)31-16-14-27(26(7)39-31)21-29-33(38-8)32(37(44)46-34-24(5)18-23(4)19-25(34)6)36-40-35(41-43(29)36)28-20-22(3)13-15-30(28)45-9/h13-16,20-21,23-25,34H,10-12,17-19H2,1-7,9H3/b29-21+. The lowest BCUT2D eigenvalue weighted by Crippen LogP contribution is -2.37. The lowest BCUT2D eigenvalue weighted by molar-refractivity contribution is -0.0249. The number of hydrogen-bond donors (Lipinski definition) is 0. The molecule has 1 saturated carbocycles. The first kappa shape index (κ1) is 32.9. The Morgan fingerprint density at radius 3 is 2.48 bits per heavy atom. The van der Waals surface area contributed by atoms with E-state index in [1.165, 1.54) is 0 Å². The molecule has 2 atom stereocenters. The van der Waals surface area contributed by atoms with E-state index in [2.05, 4.69) is 44.4 Å². The number of nitrogens with zero attached hydrogens (tertiary/aromatic N) is 6. The van der Waals surface area contributed by atoms with E-state index in [1.54, 1.807) is 11.6 Å². The number of aromatic nitrogens is 4. The van der Waals surface area contributed by atoms with Gasteiger partial charge in [-0.05, 0) is 93.7 Å². The Labute approximate surface area is 272 Å². The number of rotatable bonds is 10. The van der Waals surface area contributed by atoms with E-state index in [4.69, 9.17) is 31.1 Å². The number of pyridine rings is 1. The molecule has 4 aromatic rings. The number of esters is 1. The van der Waals surface area contributed by atoms with Crippen molar-refractivity contribution in [2.24, 2.45) is 17.8 Å². The molecule has 0 saturated heterocycles. The number of carbonyl (C=O) groups is 1. The van der Waals surface area contributed by atoms with Gasteiger partial charge >= 0.3 is 5.97 Å². The second-order valence-electron chi connectivity index (χ2n) is 12.9. The lowest BCUT2D eigenvalue weighted by Gasteiger charge is -2.37. The van der Waals surface area contributed by atoms with Gasteiger partial charge in [0.15, 0.2) is 11.5 Å². The Hall–Kier alpha value is -4.45. The van der Waals surface area contributed by atoms with Crippen LogP contribution in [0.4, 0.5) is 11.5 Å². The van der Waals surface area contributed by atoms with Crippen LogP contribution in [0.1, 0.15) is 87.5 Å².